The van der Waals surface area contributed by atoms with Crippen LogP contribution in [-0.2, 0) is 17.4 Å². The molecule has 0 spiro atoms. The molecule has 0 fully saturated rings. The molecule has 114 valence electrons. The molecule has 0 saturated carbocycles. The van der Waals surface area contributed by atoms with E-state index in [-0.39, 0.29) is 12.0 Å². The lowest BCUT2D eigenvalue weighted by molar-refractivity contribution is -0.138. The summed E-state index contributed by atoms with van der Waals surface area (Å²) >= 11 is 0. The summed E-state index contributed by atoms with van der Waals surface area (Å²) in [7, 11) is 0. The number of rotatable bonds is 6. The van der Waals surface area contributed by atoms with Crippen molar-refractivity contribution in [2.45, 2.75) is 32.4 Å². The molecule has 1 aromatic rings. The van der Waals surface area contributed by atoms with Crippen LogP contribution >= 0.6 is 0 Å². The summed E-state index contributed by atoms with van der Waals surface area (Å²) in [6, 6.07) is 3.65. The maximum Gasteiger partial charge on any atom is 0.416 e. The number of hydrogen-bond acceptors (Lipinski definition) is 2. The predicted octanol–water partition coefficient (Wildman–Crippen LogP) is 4.31. The van der Waals surface area contributed by atoms with E-state index in [0.29, 0.717) is 24.1 Å². The smallest absolute Gasteiger partial charge is 0.399 e. The third-order valence-corrected chi connectivity index (χ3v) is 3.03. The highest BCUT2D eigenvalue weighted by Crippen LogP contribution is 2.33. The van der Waals surface area contributed by atoms with Crippen LogP contribution in [0.2, 0.25) is 0 Å². The highest BCUT2D eigenvalue weighted by atomic mass is 19.4. The number of aldehydes is 1. The van der Waals surface area contributed by atoms with Gasteiger partial charge < -0.3 is 5.73 Å². The Hall–Kier alpha value is -2.04. The third-order valence-electron chi connectivity index (χ3n) is 3.03. The van der Waals surface area contributed by atoms with Gasteiger partial charge in [0, 0.05) is 11.3 Å². The number of halogens is 3. The number of anilines is 1. The van der Waals surface area contributed by atoms with Crippen molar-refractivity contribution in [1.29, 1.82) is 0 Å². The second-order valence-corrected chi connectivity index (χ2v) is 4.62. The van der Waals surface area contributed by atoms with E-state index in [9.17, 15) is 18.0 Å². The van der Waals surface area contributed by atoms with Gasteiger partial charge in [0.1, 0.15) is 6.29 Å². The van der Waals surface area contributed by atoms with E-state index in [2.05, 4.69) is 0 Å². The van der Waals surface area contributed by atoms with E-state index >= 15 is 0 Å². The van der Waals surface area contributed by atoms with Crippen molar-refractivity contribution < 1.29 is 18.0 Å². The molecular formula is C16H18F3NO. The molecule has 0 atom stereocenters. The van der Waals surface area contributed by atoms with Crippen molar-refractivity contribution in [2.75, 3.05) is 5.73 Å². The number of aryl methyl sites for hydroxylation is 1. The number of nitrogens with two attached hydrogens (primary N) is 1. The number of unbranched alkanes of at least 4 members (excludes halogenated alkanes) is 1. The molecule has 0 aliphatic rings. The normalized spacial score (nSPS) is 12.9. The summed E-state index contributed by atoms with van der Waals surface area (Å²) in [5.74, 6) is 0. The molecule has 0 heterocycles. The molecule has 1 rings (SSSR count). The van der Waals surface area contributed by atoms with Crippen LogP contribution in [0.1, 0.15) is 30.9 Å². The van der Waals surface area contributed by atoms with E-state index in [1.54, 1.807) is 25.2 Å². The van der Waals surface area contributed by atoms with Gasteiger partial charge in [-0.2, -0.15) is 13.2 Å². The Morgan fingerprint density at radius 1 is 1.33 bits per heavy atom. The van der Waals surface area contributed by atoms with Gasteiger partial charge in [0.25, 0.3) is 0 Å². The lowest BCUT2D eigenvalue weighted by Gasteiger charge is -2.13. The Kier molecular flexibility index (Phi) is 6.21. The Morgan fingerprint density at radius 3 is 2.62 bits per heavy atom. The molecule has 0 radical (unpaired) electrons. The van der Waals surface area contributed by atoms with E-state index in [1.807, 2.05) is 0 Å². The van der Waals surface area contributed by atoms with Crippen LogP contribution in [0.15, 0.2) is 42.0 Å². The fourth-order valence-corrected chi connectivity index (χ4v) is 1.93. The maximum atomic E-state index is 12.9. The summed E-state index contributed by atoms with van der Waals surface area (Å²) in [6.07, 6.45) is 2.92. The van der Waals surface area contributed by atoms with Gasteiger partial charge in [-0.3, -0.25) is 4.79 Å². The van der Waals surface area contributed by atoms with Gasteiger partial charge in [0.05, 0.1) is 5.56 Å². The topological polar surface area (TPSA) is 43.1 Å². The standard InChI is InChI=1S/C16H18F3NO/c1-2-12(11-21)6-4-3-5-7-13-10-14(20)8-9-15(13)16(17,18)19/h2,4,6,8-11H,3,5,7,20H2,1H3. The summed E-state index contributed by atoms with van der Waals surface area (Å²) in [4.78, 5) is 10.6. The zero-order valence-electron chi connectivity index (χ0n) is 11.8. The van der Waals surface area contributed by atoms with Gasteiger partial charge in [-0.25, -0.2) is 0 Å². The summed E-state index contributed by atoms with van der Waals surface area (Å²) in [5, 5.41) is 0. The van der Waals surface area contributed by atoms with Gasteiger partial charge in [-0.15, -0.1) is 0 Å². The first-order valence-corrected chi connectivity index (χ1v) is 6.62. The minimum atomic E-state index is -4.37. The Labute approximate surface area is 122 Å². The molecule has 0 saturated heterocycles. The average molecular weight is 297 g/mol. The molecule has 0 unspecified atom stereocenters. The van der Waals surface area contributed by atoms with E-state index < -0.39 is 11.7 Å². The third kappa shape index (κ3) is 5.45. The zero-order chi connectivity index (χ0) is 15.9. The first kappa shape index (κ1) is 17.0. The largest absolute Gasteiger partial charge is 0.416 e. The molecule has 0 amide bonds. The average Bonchev–Trinajstić information content (AvgIpc) is 2.41. The maximum absolute atomic E-state index is 12.9. The molecule has 21 heavy (non-hydrogen) atoms. The minimum absolute atomic E-state index is 0.206. The highest BCUT2D eigenvalue weighted by molar-refractivity contribution is 5.77. The number of benzene rings is 1. The second kappa shape index (κ2) is 7.67. The van der Waals surface area contributed by atoms with E-state index in [4.69, 9.17) is 5.73 Å². The van der Waals surface area contributed by atoms with E-state index in [1.165, 1.54) is 12.1 Å². The molecule has 0 aliphatic heterocycles. The second-order valence-electron chi connectivity index (χ2n) is 4.62. The van der Waals surface area contributed by atoms with E-state index in [0.717, 1.165) is 12.4 Å². The van der Waals surface area contributed by atoms with Crippen LogP contribution in [0.3, 0.4) is 0 Å². The SMILES string of the molecule is CC=C(C=O)C=CCCCc1cc(N)ccc1C(F)(F)F. The number of alkyl halides is 3. The Morgan fingerprint density at radius 2 is 2.05 bits per heavy atom. The zero-order valence-corrected chi connectivity index (χ0v) is 11.8. The van der Waals surface area contributed by atoms with Crippen molar-refractivity contribution in [3.8, 4) is 0 Å². The molecule has 2 N–H and O–H groups in total. The molecule has 1 aromatic carbocycles. The van der Waals surface area contributed by atoms with Gasteiger partial charge in [-0.05, 0) is 49.9 Å². The fraction of sp³-hybridized carbons (Fsp3) is 0.312. The molecule has 2 nitrogen and oxygen atoms in total. The Balaban J connectivity index is 2.68. The van der Waals surface area contributed by atoms with Crippen molar-refractivity contribution in [3.63, 3.8) is 0 Å². The quantitative estimate of drug-likeness (QED) is 0.279. The first-order chi connectivity index (χ1) is 9.88. The fourth-order valence-electron chi connectivity index (χ4n) is 1.93. The predicted molar refractivity (Wildman–Crippen MR) is 77.8 cm³/mol. The number of allylic oxidation sites excluding steroid dienone is 4. The van der Waals surface area contributed by atoms with Crippen molar-refractivity contribution in [3.05, 3.63) is 53.1 Å². The highest BCUT2D eigenvalue weighted by Gasteiger charge is 2.32. The van der Waals surface area contributed by atoms with Crippen LogP contribution in [0.4, 0.5) is 18.9 Å². The monoisotopic (exact) mass is 297 g/mol. The lowest BCUT2D eigenvalue weighted by atomic mass is 10.0. The van der Waals surface area contributed by atoms with Crippen LogP contribution in [-0.4, -0.2) is 6.29 Å². The van der Waals surface area contributed by atoms with Gasteiger partial charge in [-0.1, -0.05) is 18.2 Å². The van der Waals surface area contributed by atoms with Crippen LogP contribution in [0.5, 0.6) is 0 Å². The minimum Gasteiger partial charge on any atom is -0.399 e. The first-order valence-electron chi connectivity index (χ1n) is 6.62. The number of nitrogen functional groups attached to an aromatic ring is 1. The van der Waals surface area contributed by atoms with Crippen molar-refractivity contribution in [1.82, 2.24) is 0 Å². The Bertz CT molecular complexity index is 545. The van der Waals surface area contributed by atoms with Gasteiger partial charge >= 0.3 is 6.18 Å². The van der Waals surface area contributed by atoms with Crippen LogP contribution in [0.25, 0.3) is 0 Å². The molecular weight excluding hydrogens is 279 g/mol. The number of hydrogen-bond donors (Lipinski definition) is 1. The summed E-state index contributed by atoms with van der Waals surface area (Å²) in [5.41, 5.74) is 5.99. The molecule has 0 bridgehead atoms. The number of carbonyl (C=O) groups is 1. The van der Waals surface area contributed by atoms with Crippen LogP contribution in [0, 0.1) is 0 Å². The molecule has 0 aromatic heterocycles. The van der Waals surface area contributed by atoms with Gasteiger partial charge in [0.15, 0.2) is 0 Å². The van der Waals surface area contributed by atoms with Crippen LogP contribution < -0.4 is 5.73 Å². The van der Waals surface area contributed by atoms with Crippen molar-refractivity contribution >= 4 is 12.0 Å². The molecule has 0 aliphatic carbocycles. The molecule has 5 heteroatoms. The lowest BCUT2D eigenvalue weighted by Crippen LogP contribution is -2.09. The summed E-state index contributed by atoms with van der Waals surface area (Å²) < 4.78 is 38.6. The number of carbonyl (C=O) groups excluding carboxylic acids is 1. The van der Waals surface area contributed by atoms with Crippen molar-refractivity contribution in [2.24, 2.45) is 0 Å². The van der Waals surface area contributed by atoms with Gasteiger partial charge in [0.2, 0.25) is 0 Å². The summed E-state index contributed by atoms with van der Waals surface area (Å²) in [6.45, 7) is 1.75.